The van der Waals surface area contributed by atoms with Crippen molar-refractivity contribution < 1.29 is 5.11 Å². The largest absolute Gasteiger partial charge is 0.392 e. The third kappa shape index (κ3) is 3.44. The molecule has 92 valence electrons. The molecule has 0 spiro atoms. The summed E-state index contributed by atoms with van der Waals surface area (Å²) in [5, 5.41) is 10.3. The summed E-state index contributed by atoms with van der Waals surface area (Å²) in [7, 11) is 0. The predicted molar refractivity (Wildman–Crippen MR) is 72.1 cm³/mol. The number of aryl methyl sites for hydroxylation is 2. The van der Waals surface area contributed by atoms with E-state index in [-0.39, 0.29) is 6.10 Å². The number of hydrogen-bond acceptors (Lipinski definition) is 1. The zero-order valence-electron chi connectivity index (χ0n) is 10.8. The first kappa shape index (κ1) is 12.4. The van der Waals surface area contributed by atoms with Crippen molar-refractivity contribution in [2.24, 2.45) is 5.92 Å². The molecule has 2 atom stereocenters. The normalized spacial score (nSPS) is 21.5. The van der Waals surface area contributed by atoms with Crippen LogP contribution in [0.4, 0.5) is 0 Å². The summed E-state index contributed by atoms with van der Waals surface area (Å²) in [5.74, 6) is 0.445. The highest BCUT2D eigenvalue weighted by Crippen LogP contribution is 2.24. The van der Waals surface area contributed by atoms with Crippen LogP contribution in [0.2, 0.25) is 0 Å². The first-order chi connectivity index (χ1) is 8.15. The van der Waals surface area contributed by atoms with Crippen molar-refractivity contribution in [2.75, 3.05) is 0 Å². The minimum Gasteiger partial charge on any atom is -0.392 e. The van der Waals surface area contributed by atoms with Crippen LogP contribution in [0.15, 0.2) is 30.4 Å². The molecular weight excluding hydrogens is 208 g/mol. The minimum absolute atomic E-state index is 0.193. The zero-order valence-corrected chi connectivity index (χ0v) is 10.8. The lowest BCUT2D eigenvalue weighted by Gasteiger charge is -2.24. The molecule has 17 heavy (non-hydrogen) atoms. The van der Waals surface area contributed by atoms with Crippen LogP contribution in [-0.2, 0) is 6.42 Å². The van der Waals surface area contributed by atoms with E-state index in [9.17, 15) is 5.11 Å². The number of aliphatic hydroxyl groups excluding tert-OH is 1. The second-order valence-corrected chi connectivity index (χ2v) is 5.31. The van der Waals surface area contributed by atoms with Gasteiger partial charge in [0.15, 0.2) is 0 Å². The molecule has 0 bridgehead atoms. The van der Waals surface area contributed by atoms with Gasteiger partial charge in [0.05, 0.1) is 6.10 Å². The molecule has 0 aromatic heterocycles. The van der Waals surface area contributed by atoms with Crippen LogP contribution in [0.5, 0.6) is 0 Å². The molecule has 1 N–H and O–H groups in total. The monoisotopic (exact) mass is 230 g/mol. The lowest BCUT2D eigenvalue weighted by molar-refractivity contribution is 0.102. The summed E-state index contributed by atoms with van der Waals surface area (Å²) in [6, 6.07) is 6.56. The Balaban J connectivity index is 2.01. The number of benzene rings is 1. The van der Waals surface area contributed by atoms with E-state index in [4.69, 9.17) is 0 Å². The Bertz CT molecular complexity index is 386. The number of hydrogen-bond donors (Lipinski definition) is 1. The third-order valence-corrected chi connectivity index (χ3v) is 3.58. The zero-order chi connectivity index (χ0) is 12.3. The first-order valence-electron chi connectivity index (χ1n) is 6.55. The number of allylic oxidation sites excluding steroid dienone is 2. The molecule has 0 radical (unpaired) electrons. The summed E-state index contributed by atoms with van der Waals surface area (Å²) in [6.45, 7) is 4.23. The highest BCUT2D eigenvalue weighted by Gasteiger charge is 2.19. The maximum Gasteiger partial charge on any atom is 0.0611 e. The van der Waals surface area contributed by atoms with Crippen LogP contribution in [0, 0.1) is 19.8 Å². The minimum atomic E-state index is -0.193. The quantitative estimate of drug-likeness (QED) is 0.787. The van der Waals surface area contributed by atoms with E-state index in [1.165, 1.54) is 16.7 Å². The molecule has 0 heterocycles. The average molecular weight is 230 g/mol. The third-order valence-electron chi connectivity index (χ3n) is 3.58. The molecule has 1 aliphatic rings. The molecule has 0 fully saturated rings. The van der Waals surface area contributed by atoms with Crippen molar-refractivity contribution in [1.29, 1.82) is 0 Å². The van der Waals surface area contributed by atoms with Gasteiger partial charge in [-0.05, 0) is 51.0 Å². The Kier molecular flexibility index (Phi) is 4.01. The summed E-state index contributed by atoms with van der Waals surface area (Å²) < 4.78 is 0. The molecule has 0 amide bonds. The fraction of sp³-hybridized carbons (Fsp3) is 0.500. The van der Waals surface area contributed by atoms with Crippen molar-refractivity contribution in [1.82, 2.24) is 0 Å². The number of rotatable bonds is 3. The molecular formula is C16H22O. The van der Waals surface area contributed by atoms with Crippen molar-refractivity contribution >= 4 is 0 Å². The molecule has 1 nitrogen and oxygen atoms in total. The molecule has 1 aromatic rings. The molecule has 1 aromatic carbocycles. The van der Waals surface area contributed by atoms with Gasteiger partial charge in [0.25, 0.3) is 0 Å². The molecule has 0 aliphatic heterocycles. The van der Waals surface area contributed by atoms with E-state index in [1.807, 2.05) is 0 Å². The van der Waals surface area contributed by atoms with Crippen molar-refractivity contribution in [3.05, 3.63) is 47.0 Å². The lowest BCUT2D eigenvalue weighted by Crippen LogP contribution is -2.23. The fourth-order valence-corrected chi connectivity index (χ4v) is 2.76. The van der Waals surface area contributed by atoms with Gasteiger partial charge in [0.2, 0.25) is 0 Å². The topological polar surface area (TPSA) is 20.2 Å². The van der Waals surface area contributed by atoms with Crippen molar-refractivity contribution in [2.45, 2.75) is 45.6 Å². The molecule has 2 unspecified atom stereocenters. The van der Waals surface area contributed by atoms with Crippen LogP contribution in [0.25, 0.3) is 0 Å². The van der Waals surface area contributed by atoms with E-state index in [0.717, 1.165) is 25.7 Å². The Morgan fingerprint density at radius 1 is 1.18 bits per heavy atom. The van der Waals surface area contributed by atoms with Gasteiger partial charge in [-0.15, -0.1) is 0 Å². The van der Waals surface area contributed by atoms with Gasteiger partial charge < -0.3 is 5.11 Å². The van der Waals surface area contributed by atoms with Gasteiger partial charge in [0.1, 0.15) is 0 Å². The van der Waals surface area contributed by atoms with E-state index >= 15 is 0 Å². The van der Waals surface area contributed by atoms with E-state index in [1.54, 1.807) is 0 Å². The average Bonchev–Trinajstić information content (AvgIpc) is 2.28. The van der Waals surface area contributed by atoms with Gasteiger partial charge in [0, 0.05) is 0 Å². The van der Waals surface area contributed by atoms with Gasteiger partial charge in [-0.2, -0.15) is 0 Å². The van der Waals surface area contributed by atoms with Crippen molar-refractivity contribution in [3.63, 3.8) is 0 Å². The SMILES string of the molecule is Cc1cc(C)cc(CC(O)C2CC=CCC2)c1. The van der Waals surface area contributed by atoms with Crippen molar-refractivity contribution in [3.8, 4) is 0 Å². The maximum atomic E-state index is 10.3. The summed E-state index contributed by atoms with van der Waals surface area (Å²) in [5.41, 5.74) is 3.84. The molecule has 0 saturated heterocycles. The highest BCUT2D eigenvalue weighted by atomic mass is 16.3. The van der Waals surface area contributed by atoms with E-state index in [0.29, 0.717) is 5.92 Å². The standard InChI is InChI=1S/C16H22O/c1-12-8-13(2)10-14(9-12)11-16(17)15-6-4-3-5-7-15/h3-4,8-10,15-17H,5-7,11H2,1-2H3. The first-order valence-corrected chi connectivity index (χ1v) is 6.55. The fourth-order valence-electron chi connectivity index (χ4n) is 2.76. The van der Waals surface area contributed by atoms with Gasteiger partial charge >= 0.3 is 0 Å². The Hall–Kier alpha value is -1.08. The van der Waals surface area contributed by atoms with Crippen LogP contribution < -0.4 is 0 Å². The van der Waals surface area contributed by atoms with Gasteiger partial charge in [-0.25, -0.2) is 0 Å². The van der Waals surface area contributed by atoms with Crippen LogP contribution >= 0.6 is 0 Å². The molecule has 0 saturated carbocycles. The molecule has 1 aliphatic carbocycles. The smallest absolute Gasteiger partial charge is 0.0611 e. The highest BCUT2D eigenvalue weighted by molar-refractivity contribution is 5.29. The molecule has 2 rings (SSSR count). The lowest BCUT2D eigenvalue weighted by atomic mass is 9.86. The predicted octanol–water partition coefficient (Wildman–Crippen LogP) is 3.56. The van der Waals surface area contributed by atoms with Gasteiger partial charge in [-0.1, -0.05) is 41.5 Å². The van der Waals surface area contributed by atoms with E-state index < -0.39 is 0 Å². The Morgan fingerprint density at radius 2 is 1.88 bits per heavy atom. The Morgan fingerprint density at radius 3 is 2.47 bits per heavy atom. The Labute approximate surface area is 104 Å². The van der Waals surface area contributed by atoms with Crippen LogP contribution in [0.1, 0.15) is 36.0 Å². The maximum absolute atomic E-state index is 10.3. The second kappa shape index (κ2) is 5.50. The second-order valence-electron chi connectivity index (χ2n) is 5.31. The summed E-state index contributed by atoms with van der Waals surface area (Å²) in [6.07, 6.45) is 8.31. The number of aliphatic hydroxyl groups is 1. The summed E-state index contributed by atoms with van der Waals surface area (Å²) >= 11 is 0. The molecule has 1 heteroatoms. The van der Waals surface area contributed by atoms with Crippen LogP contribution in [-0.4, -0.2) is 11.2 Å². The van der Waals surface area contributed by atoms with Crippen LogP contribution in [0.3, 0.4) is 0 Å². The van der Waals surface area contributed by atoms with Gasteiger partial charge in [-0.3, -0.25) is 0 Å². The summed E-state index contributed by atoms with van der Waals surface area (Å²) in [4.78, 5) is 0. The van der Waals surface area contributed by atoms with E-state index in [2.05, 4.69) is 44.2 Å².